The SMILES string of the molecule is CN(C)c1ccc(/C=C2/C(=O)c3ccccc3C(=O)C2=C(O)c2ccccc2)cc1. The van der Waals surface area contributed by atoms with E-state index in [0.29, 0.717) is 16.7 Å². The predicted octanol–water partition coefficient (Wildman–Crippen LogP) is 5.18. The number of Topliss-reactive ketones (excluding diaryl/α,β-unsaturated/α-hetero) is 2. The van der Waals surface area contributed by atoms with Gasteiger partial charge in [-0.25, -0.2) is 0 Å². The molecule has 1 N–H and O–H groups in total. The maximum Gasteiger partial charge on any atom is 0.198 e. The molecular formula is C26H21NO3. The van der Waals surface area contributed by atoms with E-state index < -0.39 is 0 Å². The zero-order chi connectivity index (χ0) is 21.3. The van der Waals surface area contributed by atoms with E-state index in [1.807, 2.05) is 49.3 Å². The van der Waals surface area contributed by atoms with Crippen LogP contribution in [0.3, 0.4) is 0 Å². The van der Waals surface area contributed by atoms with Crippen molar-refractivity contribution < 1.29 is 14.7 Å². The highest BCUT2D eigenvalue weighted by atomic mass is 16.3. The molecule has 0 bridgehead atoms. The summed E-state index contributed by atoms with van der Waals surface area (Å²) in [6, 6.07) is 23.2. The average Bonchev–Trinajstić information content (AvgIpc) is 2.78. The molecule has 3 aromatic rings. The molecule has 0 saturated carbocycles. The second-order valence-corrected chi connectivity index (χ2v) is 7.34. The van der Waals surface area contributed by atoms with Crippen LogP contribution in [0.2, 0.25) is 0 Å². The molecule has 0 atom stereocenters. The monoisotopic (exact) mass is 395 g/mol. The Morgan fingerprint density at radius 2 is 1.33 bits per heavy atom. The Kier molecular flexibility index (Phi) is 5.07. The van der Waals surface area contributed by atoms with Crippen LogP contribution in [0.1, 0.15) is 31.8 Å². The first-order chi connectivity index (χ1) is 14.5. The lowest BCUT2D eigenvalue weighted by Gasteiger charge is -2.21. The van der Waals surface area contributed by atoms with Gasteiger partial charge < -0.3 is 10.0 Å². The summed E-state index contributed by atoms with van der Waals surface area (Å²) in [7, 11) is 3.90. The molecule has 0 fully saturated rings. The van der Waals surface area contributed by atoms with Crippen LogP contribution in [0.25, 0.3) is 11.8 Å². The van der Waals surface area contributed by atoms with Gasteiger partial charge in [-0.15, -0.1) is 0 Å². The number of allylic oxidation sites excluding steroid dienone is 2. The van der Waals surface area contributed by atoms with Gasteiger partial charge in [-0.2, -0.15) is 0 Å². The van der Waals surface area contributed by atoms with Crippen LogP contribution in [-0.4, -0.2) is 30.8 Å². The van der Waals surface area contributed by atoms with E-state index in [4.69, 9.17) is 0 Å². The molecule has 0 heterocycles. The average molecular weight is 395 g/mol. The first-order valence-corrected chi connectivity index (χ1v) is 9.64. The number of rotatable bonds is 3. The summed E-state index contributed by atoms with van der Waals surface area (Å²) >= 11 is 0. The number of hydrogen-bond donors (Lipinski definition) is 1. The third-order valence-electron chi connectivity index (χ3n) is 5.16. The lowest BCUT2D eigenvalue weighted by atomic mass is 9.80. The van der Waals surface area contributed by atoms with Crippen molar-refractivity contribution in [2.75, 3.05) is 19.0 Å². The van der Waals surface area contributed by atoms with E-state index in [0.717, 1.165) is 11.3 Å². The van der Waals surface area contributed by atoms with E-state index in [1.54, 1.807) is 54.6 Å². The molecule has 4 nitrogen and oxygen atoms in total. The van der Waals surface area contributed by atoms with Gasteiger partial charge in [0.2, 0.25) is 0 Å². The highest BCUT2D eigenvalue weighted by molar-refractivity contribution is 6.34. The Labute approximate surface area is 175 Å². The molecular weight excluding hydrogens is 374 g/mol. The third-order valence-corrected chi connectivity index (χ3v) is 5.16. The highest BCUT2D eigenvalue weighted by Crippen LogP contribution is 2.35. The molecule has 3 aromatic carbocycles. The van der Waals surface area contributed by atoms with Crippen molar-refractivity contribution >= 4 is 29.1 Å². The Morgan fingerprint density at radius 3 is 1.93 bits per heavy atom. The summed E-state index contributed by atoms with van der Waals surface area (Å²) in [6.07, 6.45) is 1.67. The van der Waals surface area contributed by atoms with E-state index in [-0.39, 0.29) is 28.5 Å². The van der Waals surface area contributed by atoms with Gasteiger partial charge in [0.1, 0.15) is 5.76 Å². The first-order valence-electron chi connectivity index (χ1n) is 9.64. The number of fused-ring (bicyclic) bond motifs is 1. The van der Waals surface area contributed by atoms with Gasteiger partial charge in [-0.05, 0) is 23.8 Å². The molecule has 1 aliphatic rings. The molecule has 0 aliphatic heterocycles. The standard InChI is InChI=1S/C26H21NO3/c1-27(2)19-14-12-17(13-15-19)16-22-23(24(28)18-8-4-3-5-9-18)26(30)21-11-7-6-10-20(21)25(22)29/h3-16,28H,1-2H3/b22-16+,24-23?. The van der Waals surface area contributed by atoms with Gasteiger partial charge in [0.05, 0.1) is 5.57 Å². The van der Waals surface area contributed by atoms with Crippen LogP contribution in [0.5, 0.6) is 0 Å². The van der Waals surface area contributed by atoms with Crippen molar-refractivity contribution in [3.63, 3.8) is 0 Å². The van der Waals surface area contributed by atoms with Crippen molar-refractivity contribution in [3.05, 3.63) is 112 Å². The lowest BCUT2D eigenvalue weighted by molar-refractivity contribution is 0.0972. The fourth-order valence-corrected chi connectivity index (χ4v) is 3.54. The number of ketones is 2. The first kappa shape index (κ1) is 19.4. The lowest BCUT2D eigenvalue weighted by Crippen LogP contribution is -2.24. The number of aliphatic hydroxyl groups is 1. The maximum absolute atomic E-state index is 13.3. The van der Waals surface area contributed by atoms with Crippen molar-refractivity contribution in [1.82, 2.24) is 0 Å². The molecule has 30 heavy (non-hydrogen) atoms. The van der Waals surface area contributed by atoms with Crippen molar-refractivity contribution in [1.29, 1.82) is 0 Å². The van der Waals surface area contributed by atoms with Crippen LogP contribution in [-0.2, 0) is 0 Å². The maximum atomic E-state index is 13.3. The van der Waals surface area contributed by atoms with Crippen molar-refractivity contribution in [2.24, 2.45) is 0 Å². The zero-order valence-electron chi connectivity index (χ0n) is 16.8. The number of anilines is 1. The predicted molar refractivity (Wildman–Crippen MR) is 120 cm³/mol. The summed E-state index contributed by atoms with van der Waals surface area (Å²) in [5, 5.41) is 11.0. The van der Waals surface area contributed by atoms with Crippen LogP contribution >= 0.6 is 0 Å². The molecule has 0 saturated heterocycles. The highest BCUT2D eigenvalue weighted by Gasteiger charge is 2.35. The summed E-state index contributed by atoms with van der Waals surface area (Å²) in [5.41, 5.74) is 3.16. The molecule has 4 heteroatoms. The van der Waals surface area contributed by atoms with Gasteiger partial charge in [0.25, 0.3) is 0 Å². The number of carbonyl (C=O) groups excluding carboxylic acids is 2. The molecule has 0 unspecified atom stereocenters. The molecule has 0 amide bonds. The van der Waals surface area contributed by atoms with Gasteiger partial charge in [-0.3, -0.25) is 9.59 Å². The Morgan fingerprint density at radius 1 is 0.767 bits per heavy atom. The summed E-state index contributed by atoms with van der Waals surface area (Å²) in [4.78, 5) is 28.6. The van der Waals surface area contributed by atoms with Gasteiger partial charge in [-0.1, -0.05) is 66.7 Å². The van der Waals surface area contributed by atoms with Gasteiger partial charge in [0, 0.05) is 42.0 Å². The van der Waals surface area contributed by atoms with Gasteiger partial charge in [0.15, 0.2) is 11.6 Å². The Bertz CT molecular complexity index is 1190. The number of hydrogen-bond acceptors (Lipinski definition) is 4. The second kappa shape index (κ2) is 7.84. The van der Waals surface area contributed by atoms with E-state index >= 15 is 0 Å². The van der Waals surface area contributed by atoms with E-state index in [1.165, 1.54) is 0 Å². The van der Waals surface area contributed by atoms with E-state index in [2.05, 4.69) is 0 Å². The van der Waals surface area contributed by atoms with Crippen LogP contribution < -0.4 is 4.90 Å². The zero-order valence-corrected chi connectivity index (χ0v) is 16.8. The third kappa shape index (κ3) is 3.44. The van der Waals surface area contributed by atoms with Crippen LogP contribution in [0, 0.1) is 0 Å². The molecule has 1 aliphatic carbocycles. The van der Waals surface area contributed by atoms with Crippen LogP contribution in [0.15, 0.2) is 90.0 Å². The summed E-state index contributed by atoms with van der Waals surface area (Å²) < 4.78 is 0. The van der Waals surface area contributed by atoms with Crippen LogP contribution in [0.4, 0.5) is 5.69 Å². The smallest absolute Gasteiger partial charge is 0.198 e. The minimum atomic E-state index is -0.359. The fraction of sp³-hybridized carbons (Fsp3) is 0.0769. The number of aliphatic hydroxyl groups excluding tert-OH is 1. The quantitative estimate of drug-likeness (QED) is 0.490. The molecule has 4 rings (SSSR count). The molecule has 148 valence electrons. The summed E-state index contributed by atoms with van der Waals surface area (Å²) in [6.45, 7) is 0. The van der Waals surface area contributed by atoms with E-state index in [9.17, 15) is 14.7 Å². The largest absolute Gasteiger partial charge is 0.507 e. The topological polar surface area (TPSA) is 57.6 Å². The molecule has 0 aromatic heterocycles. The summed E-state index contributed by atoms with van der Waals surface area (Å²) in [5.74, 6) is -0.832. The van der Waals surface area contributed by atoms with Crippen molar-refractivity contribution in [2.45, 2.75) is 0 Å². The minimum absolute atomic E-state index is 0.0292. The second-order valence-electron chi connectivity index (χ2n) is 7.34. The number of nitrogens with zero attached hydrogens (tertiary/aromatic N) is 1. The normalized spacial score (nSPS) is 16.4. The fourth-order valence-electron chi connectivity index (χ4n) is 3.54. The van der Waals surface area contributed by atoms with Crippen molar-refractivity contribution in [3.8, 4) is 0 Å². The van der Waals surface area contributed by atoms with Gasteiger partial charge >= 0.3 is 0 Å². The minimum Gasteiger partial charge on any atom is -0.507 e. The number of carbonyl (C=O) groups is 2. The Hall–Kier alpha value is -3.92. The Balaban J connectivity index is 1.93. The molecule has 0 spiro atoms. The number of benzene rings is 3. The molecule has 0 radical (unpaired) electrons.